The number of nitrogens with one attached hydrogen (secondary N) is 2. The van der Waals surface area contributed by atoms with Gasteiger partial charge in [0.15, 0.2) is 6.54 Å². The Labute approximate surface area is 262 Å². The zero-order valence-electron chi connectivity index (χ0n) is 24.8. The van der Waals surface area contributed by atoms with Crippen molar-refractivity contribution in [1.82, 2.24) is 5.32 Å². The lowest BCUT2D eigenvalue weighted by atomic mass is 10.3. The molecule has 0 radical (unpaired) electrons. The summed E-state index contributed by atoms with van der Waals surface area (Å²) in [5.41, 5.74) is 5.94. The second-order valence-corrected chi connectivity index (χ2v) is 13.5. The van der Waals surface area contributed by atoms with Crippen LogP contribution < -0.4 is 27.0 Å². The zero-order valence-corrected chi connectivity index (χ0v) is 25.7. The molecule has 1 atom stereocenters. The van der Waals surface area contributed by atoms with E-state index in [1.165, 1.54) is 15.9 Å². The third-order valence-electron chi connectivity index (χ3n) is 6.57. The minimum atomic E-state index is -5.08. The Kier molecular flexibility index (Phi) is 14.8. The number of likely N-dealkylation sites (N-methyl/N-ethyl adjacent to an activating group) is 2. The molecule has 0 aliphatic rings. The van der Waals surface area contributed by atoms with Gasteiger partial charge in [0.1, 0.15) is 23.2 Å². The molecule has 1 amide bonds. The second kappa shape index (κ2) is 17.3. The van der Waals surface area contributed by atoms with Crippen LogP contribution in [0.5, 0.6) is 0 Å². The fourth-order valence-electron chi connectivity index (χ4n) is 4.22. The molecule has 0 aliphatic heterocycles. The number of nitrogens with two attached hydrogens (primary N) is 1. The van der Waals surface area contributed by atoms with Crippen molar-refractivity contribution in [3.8, 4) is 0 Å². The molecule has 0 saturated carbocycles. The van der Waals surface area contributed by atoms with Gasteiger partial charge in [-0.3, -0.25) is 9.28 Å². The van der Waals surface area contributed by atoms with Gasteiger partial charge in [-0.2, -0.15) is 26.3 Å². The molecule has 0 spiro atoms. The maximum Gasteiger partial charge on any atom is 0.490 e. The van der Waals surface area contributed by atoms with E-state index in [9.17, 15) is 31.1 Å². The topological polar surface area (TPSA) is 154 Å². The fraction of sp³-hybridized carbons (Fsp3) is 0.267. The Morgan fingerprint density at radius 1 is 0.761 bits per heavy atom. The number of carbonyl (C=O) groups excluding carboxylic acids is 1. The molecule has 6 N–H and O–H groups in total. The van der Waals surface area contributed by atoms with E-state index < -0.39 is 31.6 Å². The predicted molar refractivity (Wildman–Crippen MR) is 164 cm³/mol. The molecule has 250 valence electrons. The first-order chi connectivity index (χ1) is 21.3. The van der Waals surface area contributed by atoms with E-state index in [4.69, 9.17) is 30.9 Å². The van der Waals surface area contributed by atoms with Gasteiger partial charge in [0.05, 0.1) is 19.8 Å². The highest BCUT2D eigenvalue weighted by Gasteiger charge is 2.45. The SMILES string of the molecule is CNC(=O)C[N+](C)(CCC[P+](c1ccccc1)(c1ccccc1)c1ccccc1)C(=N)N.O=C(O)C(F)(F)F.O=C(O)C(F)(F)F. The lowest BCUT2D eigenvalue weighted by Crippen LogP contribution is -2.57. The van der Waals surface area contributed by atoms with Crippen LogP contribution in [-0.2, 0) is 14.4 Å². The third kappa shape index (κ3) is 11.8. The number of carbonyl (C=O) groups is 3. The summed E-state index contributed by atoms with van der Waals surface area (Å²) in [5.74, 6) is -5.62. The number of benzene rings is 3. The highest BCUT2D eigenvalue weighted by Crippen LogP contribution is 2.55. The minimum Gasteiger partial charge on any atom is -0.475 e. The summed E-state index contributed by atoms with van der Waals surface area (Å²) in [7, 11) is 1.55. The molecule has 3 aromatic rings. The van der Waals surface area contributed by atoms with E-state index >= 15 is 0 Å². The molecule has 3 rings (SSSR count). The number of hydrogen-bond donors (Lipinski definition) is 5. The molecule has 0 aliphatic carbocycles. The smallest absolute Gasteiger partial charge is 0.475 e. The summed E-state index contributed by atoms with van der Waals surface area (Å²) >= 11 is 0. The van der Waals surface area contributed by atoms with Crippen molar-refractivity contribution in [3.05, 3.63) is 91.0 Å². The van der Waals surface area contributed by atoms with Crippen LogP contribution in [0.25, 0.3) is 0 Å². The third-order valence-corrected chi connectivity index (χ3v) is 11.1. The van der Waals surface area contributed by atoms with Crippen LogP contribution in [0.2, 0.25) is 0 Å². The lowest BCUT2D eigenvalue weighted by molar-refractivity contribution is -0.814. The highest BCUT2D eigenvalue weighted by molar-refractivity contribution is 7.95. The van der Waals surface area contributed by atoms with Crippen molar-refractivity contribution < 1.29 is 55.4 Å². The van der Waals surface area contributed by atoms with Crippen LogP contribution in [0.15, 0.2) is 91.0 Å². The van der Waals surface area contributed by atoms with Gasteiger partial charge in [-0.1, -0.05) is 54.6 Å². The number of nitrogens with zero attached hydrogens (tertiary/aromatic N) is 1. The van der Waals surface area contributed by atoms with Crippen LogP contribution in [0.4, 0.5) is 26.3 Å². The van der Waals surface area contributed by atoms with E-state index in [0.29, 0.717) is 6.54 Å². The number of guanidine groups is 1. The van der Waals surface area contributed by atoms with Crippen LogP contribution in [0.3, 0.4) is 0 Å². The molecule has 16 heteroatoms. The van der Waals surface area contributed by atoms with Crippen molar-refractivity contribution in [2.24, 2.45) is 5.73 Å². The molecule has 0 heterocycles. The van der Waals surface area contributed by atoms with E-state index in [0.717, 1.165) is 12.6 Å². The Morgan fingerprint density at radius 2 is 1.07 bits per heavy atom. The maximum absolute atomic E-state index is 12.1. The molecule has 1 unspecified atom stereocenters. The molecule has 0 bridgehead atoms. The van der Waals surface area contributed by atoms with Gasteiger partial charge in [-0.15, -0.1) is 0 Å². The lowest BCUT2D eigenvalue weighted by Gasteiger charge is -2.32. The van der Waals surface area contributed by atoms with Gasteiger partial charge < -0.3 is 21.3 Å². The maximum atomic E-state index is 12.1. The van der Waals surface area contributed by atoms with Crippen molar-refractivity contribution in [3.63, 3.8) is 0 Å². The molecule has 9 nitrogen and oxygen atoms in total. The first-order valence-electron chi connectivity index (χ1n) is 13.4. The van der Waals surface area contributed by atoms with Crippen molar-refractivity contribution in [1.29, 1.82) is 5.41 Å². The first-order valence-corrected chi connectivity index (χ1v) is 15.3. The minimum absolute atomic E-state index is 0.0108. The zero-order chi connectivity index (χ0) is 35.2. The summed E-state index contributed by atoms with van der Waals surface area (Å²) in [4.78, 5) is 29.9. The fourth-order valence-corrected chi connectivity index (χ4v) is 8.55. The number of amides is 1. The molecule has 0 aromatic heterocycles. The monoisotopic (exact) mass is 676 g/mol. The molecule has 0 saturated heterocycles. The number of quaternary nitrogens is 1. The second-order valence-electron chi connectivity index (χ2n) is 9.84. The Balaban J connectivity index is 0.000000629. The summed E-state index contributed by atoms with van der Waals surface area (Å²) in [6.45, 7) is 0.788. The van der Waals surface area contributed by atoms with E-state index in [1.54, 1.807) is 7.05 Å². The van der Waals surface area contributed by atoms with Crippen LogP contribution in [0, 0.1) is 5.41 Å². The van der Waals surface area contributed by atoms with Gasteiger partial charge in [-0.25, -0.2) is 15.0 Å². The number of alkyl halides is 6. The summed E-state index contributed by atoms with van der Waals surface area (Å²) in [6.07, 6.45) is -8.40. The van der Waals surface area contributed by atoms with Crippen LogP contribution in [0.1, 0.15) is 6.42 Å². The predicted octanol–water partition coefficient (Wildman–Crippen LogP) is 3.72. The molecular formula is C30H35F6N4O5P+2. The number of hydrogen-bond acceptors (Lipinski definition) is 4. The summed E-state index contributed by atoms with van der Waals surface area (Å²) < 4.78 is 63.6. The number of carboxylic acids is 2. The van der Waals surface area contributed by atoms with Gasteiger partial charge >= 0.3 is 24.3 Å². The highest BCUT2D eigenvalue weighted by atomic mass is 31.2. The molecule has 46 heavy (non-hydrogen) atoms. The number of carboxylic acid groups (broad SMARTS) is 2. The normalized spacial score (nSPS) is 12.6. The number of halogens is 6. The molecular weight excluding hydrogens is 641 g/mol. The molecule has 3 aromatic carbocycles. The largest absolute Gasteiger partial charge is 0.490 e. The van der Waals surface area contributed by atoms with Crippen molar-refractivity contribution in [2.75, 3.05) is 33.3 Å². The van der Waals surface area contributed by atoms with Gasteiger partial charge in [0.25, 0.3) is 11.9 Å². The van der Waals surface area contributed by atoms with E-state index in [1.807, 2.05) is 7.05 Å². The Morgan fingerprint density at radius 3 is 1.30 bits per heavy atom. The van der Waals surface area contributed by atoms with Gasteiger partial charge in [0.2, 0.25) is 0 Å². The first kappa shape index (κ1) is 39.5. The van der Waals surface area contributed by atoms with Crippen LogP contribution >= 0.6 is 7.26 Å². The van der Waals surface area contributed by atoms with Gasteiger partial charge in [-0.05, 0) is 36.4 Å². The molecule has 0 fully saturated rings. The average Bonchev–Trinajstić information content (AvgIpc) is 3.00. The van der Waals surface area contributed by atoms with E-state index in [-0.39, 0.29) is 22.9 Å². The Hall–Kier alpha value is -4.49. The quantitative estimate of drug-likeness (QED) is 0.0766. The van der Waals surface area contributed by atoms with Crippen molar-refractivity contribution in [2.45, 2.75) is 18.8 Å². The number of rotatable bonds is 9. The summed E-state index contributed by atoms with van der Waals surface area (Å²) in [5, 5.41) is 29.0. The average molecular weight is 677 g/mol. The van der Waals surface area contributed by atoms with Crippen LogP contribution in [-0.4, -0.2) is 84.2 Å². The number of aliphatic carboxylic acids is 2. The van der Waals surface area contributed by atoms with E-state index in [2.05, 4.69) is 96.3 Å². The standard InChI is InChI=1S/C26H32N4OP.2C2HF3O2/c1-29-25(31)21-30(2,26(27)28)19-12-20-32(22-13-6-3-7-14-22,23-15-8-4-9-16-23)24-17-10-5-11-18-24;2*3-2(4,5)1(6)7/h3-11,13-18H,12,19-21H2,1-2H3,(H3-,27,28,29,31);2*(H,6,7)/q+1;;/p+1. The Bertz CT molecular complexity index is 1310. The van der Waals surface area contributed by atoms with Gasteiger partial charge in [0, 0.05) is 13.5 Å². The van der Waals surface area contributed by atoms with Crippen molar-refractivity contribution >= 4 is 47.0 Å². The summed E-state index contributed by atoms with van der Waals surface area (Å²) in [6, 6.07) is 32.2.